The number of carbonyl (C=O) groups is 2. The SMILES string of the molecule is CC(CCNC(=O)C1(C(=O)O)CC1)c1ccccc1. The minimum atomic E-state index is -1.13. The molecule has 4 heteroatoms. The van der Waals surface area contributed by atoms with Gasteiger partial charge >= 0.3 is 5.97 Å². The Kier molecular flexibility index (Phi) is 3.88. The summed E-state index contributed by atoms with van der Waals surface area (Å²) in [6.45, 7) is 2.62. The number of benzene rings is 1. The van der Waals surface area contributed by atoms with E-state index < -0.39 is 11.4 Å². The number of nitrogens with one attached hydrogen (secondary N) is 1. The maximum atomic E-state index is 11.8. The number of hydrogen-bond acceptors (Lipinski definition) is 2. The second kappa shape index (κ2) is 5.43. The zero-order valence-electron chi connectivity index (χ0n) is 11.1. The van der Waals surface area contributed by atoms with Crippen molar-refractivity contribution in [2.45, 2.75) is 32.1 Å². The second-order valence-electron chi connectivity index (χ2n) is 5.24. The Balaban J connectivity index is 1.78. The third-order valence-corrected chi connectivity index (χ3v) is 3.83. The van der Waals surface area contributed by atoms with Crippen LogP contribution in [0.4, 0.5) is 0 Å². The predicted molar refractivity (Wildman–Crippen MR) is 71.8 cm³/mol. The van der Waals surface area contributed by atoms with Gasteiger partial charge in [0.15, 0.2) is 0 Å². The fourth-order valence-electron chi connectivity index (χ4n) is 2.18. The molecular formula is C15H19NO3. The molecule has 0 radical (unpaired) electrons. The van der Waals surface area contributed by atoms with Crippen LogP contribution in [0.2, 0.25) is 0 Å². The van der Waals surface area contributed by atoms with Gasteiger partial charge in [0, 0.05) is 6.54 Å². The molecule has 2 rings (SSSR count). The van der Waals surface area contributed by atoms with Crippen LogP contribution in [0.5, 0.6) is 0 Å². The van der Waals surface area contributed by atoms with E-state index in [4.69, 9.17) is 5.11 Å². The predicted octanol–water partition coefficient (Wildman–Crippen LogP) is 2.16. The molecule has 2 N–H and O–H groups in total. The highest BCUT2D eigenvalue weighted by molar-refractivity contribution is 6.04. The molecular weight excluding hydrogens is 242 g/mol. The number of carboxylic acid groups (broad SMARTS) is 1. The first-order valence-corrected chi connectivity index (χ1v) is 6.63. The van der Waals surface area contributed by atoms with Crippen LogP contribution in [0, 0.1) is 5.41 Å². The Morgan fingerprint density at radius 3 is 2.47 bits per heavy atom. The summed E-state index contributed by atoms with van der Waals surface area (Å²) in [5, 5.41) is 11.7. The zero-order chi connectivity index (χ0) is 13.9. The fraction of sp³-hybridized carbons (Fsp3) is 0.467. The monoisotopic (exact) mass is 261 g/mol. The number of hydrogen-bond donors (Lipinski definition) is 2. The van der Waals surface area contributed by atoms with Crippen LogP contribution in [0.25, 0.3) is 0 Å². The smallest absolute Gasteiger partial charge is 0.319 e. The summed E-state index contributed by atoms with van der Waals surface area (Å²) in [5.41, 5.74) is 0.104. The molecule has 19 heavy (non-hydrogen) atoms. The first-order chi connectivity index (χ1) is 9.06. The Labute approximate surface area is 112 Å². The van der Waals surface area contributed by atoms with E-state index >= 15 is 0 Å². The lowest BCUT2D eigenvalue weighted by Gasteiger charge is -2.14. The van der Waals surface area contributed by atoms with Crippen LogP contribution in [0.1, 0.15) is 37.7 Å². The minimum Gasteiger partial charge on any atom is -0.480 e. The van der Waals surface area contributed by atoms with Gasteiger partial charge in [0.2, 0.25) is 5.91 Å². The summed E-state index contributed by atoms with van der Waals surface area (Å²) < 4.78 is 0. The molecule has 102 valence electrons. The largest absolute Gasteiger partial charge is 0.480 e. The van der Waals surface area contributed by atoms with Crippen molar-refractivity contribution in [1.29, 1.82) is 0 Å². The van der Waals surface area contributed by atoms with Gasteiger partial charge in [0.05, 0.1) is 0 Å². The average molecular weight is 261 g/mol. The molecule has 1 saturated carbocycles. The van der Waals surface area contributed by atoms with Crippen LogP contribution < -0.4 is 5.32 Å². The number of carbonyl (C=O) groups excluding carboxylic acids is 1. The molecule has 1 unspecified atom stereocenters. The maximum Gasteiger partial charge on any atom is 0.319 e. The third-order valence-electron chi connectivity index (χ3n) is 3.83. The fourth-order valence-corrected chi connectivity index (χ4v) is 2.18. The first kappa shape index (κ1) is 13.6. The van der Waals surface area contributed by atoms with Crippen LogP contribution in [-0.2, 0) is 9.59 Å². The molecule has 0 spiro atoms. The normalized spacial score (nSPS) is 17.5. The van der Waals surface area contributed by atoms with E-state index in [1.807, 2.05) is 18.2 Å². The van der Waals surface area contributed by atoms with Crippen LogP contribution >= 0.6 is 0 Å². The highest BCUT2D eigenvalue weighted by Crippen LogP contribution is 2.46. The number of carboxylic acids is 1. The van der Waals surface area contributed by atoms with Gasteiger partial charge in [0.1, 0.15) is 5.41 Å². The lowest BCUT2D eigenvalue weighted by Crippen LogP contribution is -2.37. The van der Waals surface area contributed by atoms with E-state index in [0.29, 0.717) is 25.3 Å². The van der Waals surface area contributed by atoms with Crippen LogP contribution in [-0.4, -0.2) is 23.5 Å². The van der Waals surface area contributed by atoms with Gasteiger partial charge in [-0.1, -0.05) is 37.3 Å². The van der Waals surface area contributed by atoms with E-state index in [1.54, 1.807) is 0 Å². The van der Waals surface area contributed by atoms with Crippen molar-refractivity contribution in [2.24, 2.45) is 5.41 Å². The zero-order valence-corrected chi connectivity index (χ0v) is 11.1. The lowest BCUT2D eigenvalue weighted by atomic mass is 9.98. The number of aliphatic carboxylic acids is 1. The summed E-state index contributed by atoms with van der Waals surface area (Å²) in [7, 11) is 0. The quantitative estimate of drug-likeness (QED) is 0.771. The van der Waals surface area contributed by atoms with Crippen molar-refractivity contribution >= 4 is 11.9 Å². The molecule has 1 atom stereocenters. The summed E-state index contributed by atoms with van der Waals surface area (Å²) in [6.07, 6.45) is 1.73. The Morgan fingerprint density at radius 2 is 1.95 bits per heavy atom. The van der Waals surface area contributed by atoms with E-state index in [1.165, 1.54) is 5.56 Å². The van der Waals surface area contributed by atoms with E-state index in [-0.39, 0.29) is 5.91 Å². The topological polar surface area (TPSA) is 66.4 Å². The van der Waals surface area contributed by atoms with Gasteiger partial charge in [-0.2, -0.15) is 0 Å². The Bertz CT molecular complexity index is 466. The molecule has 1 aliphatic carbocycles. The van der Waals surface area contributed by atoms with Crippen molar-refractivity contribution in [3.8, 4) is 0 Å². The molecule has 1 aromatic carbocycles. The van der Waals surface area contributed by atoms with E-state index in [0.717, 1.165) is 6.42 Å². The lowest BCUT2D eigenvalue weighted by molar-refractivity contribution is -0.149. The molecule has 0 aromatic heterocycles. The van der Waals surface area contributed by atoms with Crippen molar-refractivity contribution < 1.29 is 14.7 Å². The van der Waals surface area contributed by atoms with Crippen LogP contribution in [0.3, 0.4) is 0 Å². The summed E-state index contributed by atoms with van der Waals surface area (Å²) in [6, 6.07) is 10.1. The molecule has 1 aromatic rings. The molecule has 1 amide bonds. The van der Waals surface area contributed by atoms with Gasteiger partial charge in [-0.25, -0.2) is 0 Å². The van der Waals surface area contributed by atoms with Gasteiger partial charge in [-0.05, 0) is 30.7 Å². The second-order valence-corrected chi connectivity index (χ2v) is 5.24. The minimum absolute atomic E-state index is 0.333. The molecule has 0 saturated heterocycles. The standard InChI is InChI=1S/C15H19NO3/c1-11(12-5-3-2-4-6-12)7-10-16-13(17)15(8-9-15)14(18)19/h2-6,11H,7-10H2,1H3,(H,16,17)(H,18,19). The van der Waals surface area contributed by atoms with Gasteiger partial charge in [-0.15, -0.1) is 0 Å². The molecule has 1 fully saturated rings. The summed E-state index contributed by atoms with van der Waals surface area (Å²) in [5.74, 6) is -0.983. The Hall–Kier alpha value is -1.84. The van der Waals surface area contributed by atoms with Crippen molar-refractivity contribution in [3.63, 3.8) is 0 Å². The summed E-state index contributed by atoms with van der Waals surface area (Å²) in [4.78, 5) is 22.8. The van der Waals surface area contributed by atoms with Crippen molar-refractivity contribution in [3.05, 3.63) is 35.9 Å². The highest BCUT2D eigenvalue weighted by Gasteiger charge is 2.56. The van der Waals surface area contributed by atoms with E-state index in [9.17, 15) is 9.59 Å². The Morgan fingerprint density at radius 1 is 1.32 bits per heavy atom. The maximum absolute atomic E-state index is 11.8. The first-order valence-electron chi connectivity index (χ1n) is 6.63. The molecule has 1 aliphatic rings. The molecule has 0 heterocycles. The van der Waals surface area contributed by atoms with Gasteiger partial charge in [-0.3, -0.25) is 9.59 Å². The van der Waals surface area contributed by atoms with Crippen LogP contribution in [0.15, 0.2) is 30.3 Å². The summed E-state index contributed by atoms with van der Waals surface area (Å²) >= 11 is 0. The van der Waals surface area contributed by atoms with Gasteiger partial charge in [0.25, 0.3) is 0 Å². The third kappa shape index (κ3) is 2.95. The molecule has 0 aliphatic heterocycles. The molecule has 4 nitrogen and oxygen atoms in total. The van der Waals surface area contributed by atoms with Crippen molar-refractivity contribution in [2.75, 3.05) is 6.54 Å². The number of amides is 1. The highest BCUT2D eigenvalue weighted by atomic mass is 16.4. The van der Waals surface area contributed by atoms with Crippen molar-refractivity contribution in [1.82, 2.24) is 5.32 Å². The van der Waals surface area contributed by atoms with Gasteiger partial charge < -0.3 is 10.4 Å². The molecule has 0 bridgehead atoms. The van der Waals surface area contributed by atoms with E-state index in [2.05, 4.69) is 24.4 Å². The average Bonchev–Trinajstić information content (AvgIpc) is 3.21. The number of rotatable bonds is 6.